The first-order valence-electron chi connectivity index (χ1n) is 6.90. The maximum absolute atomic E-state index is 13.2. The molecule has 0 unspecified atom stereocenters. The molecule has 1 aromatic rings. The molecule has 6 heteroatoms. The van der Waals surface area contributed by atoms with E-state index in [1.165, 1.54) is 12.1 Å². The van der Waals surface area contributed by atoms with Crippen LogP contribution in [0.3, 0.4) is 0 Å². The Morgan fingerprint density at radius 3 is 2.33 bits per heavy atom. The number of halogens is 3. The first kappa shape index (κ1) is 15.8. The van der Waals surface area contributed by atoms with Gasteiger partial charge in [-0.3, -0.25) is 4.79 Å². The SMILES string of the molecule is CN(C)C1CCN(c2ccc(C=O)cc2C(F)(F)F)CC1. The molecule has 21 heavy (non-hydrogen) atoms. The van der Waals surface area contributed by atoms with Gasteiger partial charge in [-0.1, -0.05) is 0 Å². The van der Waals surface area contributed by atoms with Crippen molar-refractivity contribution in [1.82, 2.24) is 4.90 Å². The molecule has 0 saturated carbocycles. The lowest BCUT2D eigenvalue weighted by molar-refractivity contribution is -0.137. The summed E-state index contributed by atoms with van der Waals surface area (Å²) in [6.45, 7) is 1.18. The molecule has 0 N–H and O–H groups in total. The molecule has 116 valence electrons. The zero-order chi connectivity index (χ0) is 15.6. The summed E-state index contributed by atoms with van der Waals surface area (Å²) in [5.41, 5.74) is -0.505. The number of benzene rings is 1. The summed E-state index contributed by atoms with van der Waals surface area (Å²) in [5.74, 6) is 0. The highest BCUT2D eigenvalue weighted by Crippen LogP contribution is 2.38. The molecule has 1 fully saturated rings. The van der Waals surface area contributed by atoms with Crippen LogP contribution in [0.1, 0.15) is 28.8 Å². The first-order valence-corrected chi connectivity index (χ1v) is 6.90. The second-order valence-corrected chi connectivity index (χ2v) is 5.57. The highest BCUT2D eigenvalue weighted by Gasteiger charge is 2.36. The topological polar surface area (TPSA) is 23.6 Å². The van der Waals surface area contributed by atoms with Crippen LogP contribution in [0.25, 0.3) is 0 Å². The smallest absolute Gasteiger partial charge is 0.371 e. The van der Waals surface area contributed by atoms with Crippen molar-refractivity contribution in [3.05, 3.63) is 29.3 Å². The van der Waals surface area contributed by atoms with Crippen LogP contribution in [0.5, 0.6) is 0 Å². The first-order chi connectivity index (χ1) is 9.82. The van der Waals surface area contributed by atoms with E-state index in [0.29, 0.717) is 25.4 Å². The van der Waals surface area contributed by atoms with Crippen LogP contribution in [0.2, 0.25) is 0 Å². The molecule has 1 aliphatic heterocycles. The lowest BCUT2D eigenvalue weighted by atomic mass is 10.0. The fourth-order valence-electron chi connectivity index (χ4n) is 2.75. The highest BCUT2D eigenvalue weighted by atomic mass is 19.4. The molecular formula is C15H19F3N2O. The van der Waals surface area contributed by atoms with Gasteiger partial charge in [-0.25, -0.2) is 0 Å². The van der Waals surface area contributed by atoms with Crippen molar-refractivity contribution in [3.8, 4) is 0 Å². The van der Waals surface area contributed by atoms with Gasteiger partial charge in [0.2, 0.25) is 0 Å². The molecule has 0 radical (unpaired) electrons. The maximum atomic E-state index is 13.2. The monoisotopic (exact) mass is 300 g/mol. The molecule has 0 aliphatic carbocycles. The summed E-state index contributed by atoms with van der Waals surface area (Å²) >= 11 is 0. The molecule has 0 spiro atoms. The molecular weight excluding hydrogens is 281 g/mol. The second kappa shape index (κ2) is 6.05. The number of hydrogen-bond donors (Lipinski definition) is 0. The summed E-state index contributed by atoms with van der Waals surface area (Å²) in [7, 11) is 3.97. The summed E-state index contributed by atoms with van der Waals surface area (Å²) < 4.78 is 39.5. The molecule has 1 heterocycles. The van der Waals surface area contributed by atoms with Crippen molar-refractivity contribution in [2.24, 2.45) is 0 Å². The number of carbonyl (C=O) groups is 1. The third-order valence-electron chi connectivity index (χ3n) is 4.00. The number of nitrogens with zero attached hydrogens (tertiary/aromatic N) is 2. The average Bonchev–Trinajstić information content (AvgIpc) is 2.46. The van der Waals surface area contributed by atoms with Crippen molar-refractivity contribution in [1.29, 1.82) is 0 Å². The molecule has 2 rings (SSSR count). The minimum absolute atomic E-state index is 0.0502. The van der Waals surface area contributed by atoms with E-state index >= 15 is 0 Å². The quantitative estimate of drug-likeness (QED) is 0.802. The fourth-order valence-corrected chi connectivity index (χ4v) is 2.75. The molecule has 0 amide bonds. The highest BCUT2D eigenvalue weighted by molar-refractivity contribution is 5.77. The molecule has 0 atom stereocenters. The standard InChI is InChI=1S/C15H19F3N2O/c1-19(2)12-5-7-20(8-6-12)14-4-3-11(10-21)9-13(14)15(16,17)18/h3-4,9-10,12H,5-8H2,1-2H3. The number of aldehydes is 1. The van der Waals surface area contributed by atoms with Crippen molar-refractivity contribution in [2.45, 2.75) is 25.1 Å². The van der Waals surface area contributed by atoms with Crippen molar-refractivity contribution >= 4 is 12.0 Å². The summed E-state index contributed by atoms with van der Waals surface area (Å²) in [6, 6.07) is 4.18. The number of alkyl halides is 3. The second-order valence-electron chi connectivity index (χ2n) is 5.57. The maximum Gasteiger partial charge on any atom is 0.418 e. The van der Waals surface area contributed by atoms with Crippen LogP contribution in [0.15, 0.2) is 18.2 Å². The Balaban J connectivity index is 2.26. The van der Waals surface area contributed by atoms with E-state index < -0.39 is 11.7 Å². The van der Waals surface area contributed by atoms with E-state index in [2.05, 4.69) is 4.90 Å². The van der Waals surface area contributed by atoms with Crippen molar-refractivity contribution < 1.29 is 18.0 Å². The van der Waals surface area contributed by atoms with Crippen LogP contribution < -0.4 is 4.90 Å². The third kappa shape index (κ3) is 3.56. The number of piperidine rings is 1. The van der Waals surface area contributed by atoms with Gasteiger partial charge < -0.3 is 9.80 Å². The van der Waals surface area contributed by atoms with Gasteiger partial charge in [0.15, 0.2) is 0 Å². The molecule has 1 saturated heterocycles. The van der Waals surface area contributed by atoms with Gasteiger partial charge in [0.25, 0.3) is 0 Å². The molecule has 3 nitrogen and oxygen atoms in total. The predicted octanol–water partition coefficient (Wildman–Crippen LogP) is 3.05. The number of anilines is 1. The normalized spacial score (nSPS) is 17.3. The number of carbonyl (C=O) groups excluding carboxylic acids is 1. The van der Waals surface area contributed by atoms with Gasteiger partial charge in [-0.2, -0.15) is 13.2 Å². The van der Waals surface area contributed by atoms with Crippen LogP contribution in [-0.2, 0) is 6.18 Å². The Kier molecular flexibility index (Phi) is 4.56. The summed E-state index contributed by atoms with van der Waals surface area (Å²) in [4.78, 5) is 14.6. The van der Waals surface area contributed by atoms with Gasteiger partial charge >= 0.3 is 6.18 Å². The van der Waals surface area contributed by atoms with E-state index in [-0.39, 0.29) is 11.3 Å². The van der Waals surface area contributed by atoms with Gasteiger partial charge in [0, 0.05) is 30.4 Å². The number of hydrogen-bond acceptors (Lipinski definition) is 3. The van der Waals surface area contributed by atoms with Crippen LogP contribution >= 0.6 is 0 Å². The van der Waals surface area contributed by atoms with Gasteiger partial charge in [-0.15, -0.1) is 0 Å². The molecule has 1 aromatic carbocycles. The Bertz CT molecular complexity index is 506. The molecule has 0 aromatic heterocycles. The van der Waals surface area contributed by atoms with E-state index in [0.717, 1.165) is 18.9 Å². The summed E-state index contributed by atoms with van der Waals surface area (Å²) in [6.07, 6.45) is -2.34. The zero-order valence-corrected chi connectivity index (χ0v) is 12.2. The third-order valence-corrected chi connectivity index (χ3v) is 4.00. The lowest BCUT2D eigenvalue weighted by Crippen LogP contribution is -2.42. The minimum atomic E-state index is -4.45. The lowest BCUT2D eigenvalue weighted by Gasteiger charge is -2.37. The largest absolute Gasteiger partial charge is 0.418 e. The van der Waals surface area contributed by atoms with Crippen LogP contribution in [-0.4, -0.2) is 44.4 Å². The Hall–Kier alpha value is -1.56. The summed E-state index contributed by atoms with van der Waals surface area (Å²) in [5, 5.41) is 0. The molecule has 0 bridgehead atoms. The van der Waals surface area contributed by atoms with Crippen LogP contribution in [0, 0.1) is 0 Å². The van der Waals surface area contributed by atoms with E-state index in [1.54, 1.807) is 4.90 Å². The Labute approximate surface area is 122 Å². The van der Waals surface area contributed by atoms with E-state index in [9.17, 15) is 18.0 Å². The van der Waals surface area contributed by atoms with E-state index in [4.69, 9.17) is 0 Å². The van der Waals surface area contributed by atoms with Crippen molar-refractivity contribution in [3.63, 3.8) is 0 Å². The van der Waals surface area contributed by atoms with Crippen molar-refractivity contribution in [2.75, 3.05) is 32.1 Å². The molecule has 1 aliphatic rings. The number of rotatable bonds is 3. The average molecular weight is 300 g/mol. The minimum Gasteiger partial charge on any atom is -0.371 e. The van der Waals surface area contributed by atoms with Gasteiger partial charge in [0.05, 0.1) is 5.56 Å². The van der Waals surface area contributed by atoms with Crippen LogP contribution in [0.4, 0.5) is 18.9 Å². The van der Waals surface area contributed by atoms with Gasteiger partial charge in [0.1, 0.15) is 6.29 Å². The Morgan fingerprint density at radius 2 is 1.86 bits per heavy atom. The van der Waals surface area contributed by atoms with E-state index in [1.807, 2.05) is 14.1 Å². The van der Waals surface area contributed by atoms with Gasteiger partial charge in [-0.05, 0) is 45.1 Å². The predicted molar refractivity (Wildman–Crippen MR) is 75.8 cm³/mol. The Morgan fingerprint density at radius 1 is 1.24 bits per heavy atom. The fraction of sp³-hybridized carbons (Fsp3) is 0.533. The zero-order valence-electron chi connectivity index (χ0n) is 12.2.